The molecule has 5 rings (SSSR count). The topological polar surface area (TPSA) is 58.6 Å². The maximum atomic E-state index is 15.0. The third-order valence-electron chi connectivity index (χ3n) is 7.11. The van der Waals surface area contributed by atoms with E-state index in [-0.39, 0.29) is 23.3 Å². The number of hydrogen-bond acceptors (Lipinski definition) is 6. The standard InChI is InChI=1S/C29H32F2N4O2/c1-18(2)35-10-11-37-29-24(30)14-23(15-26(29)35)28-25(31)16-32-27(33-28)13-20-4-5-22-17-34(8-6-19(3)36)9-7-21(22)12-20/h4-5,12,14-16,18H,6-11,13,17H2,1-3H3. The summed E-state index contributed by atoms with van der Waals surface area (Å²) in [6.45, 7) is 9.28. The van der Waals surface area contributed by atoms with Crippen LogP contribution in [0.25, 0.3) is 11.3 Å². The Morgan fingerprint density at radius 3 is 2.73 bits per heavy atom. The zero-order valence-electron chi connectivity index (χ0n) is 21.6. The average molecular weight is 507 g/mol. The molecule has 194 valence electrons. The van der Waals surface area contributed by atoms with Crippen molar-refractivity contribution in [2.24, 2.45) is 0 Å². The lowest BCUT2D eigenvalue weighted by atomic mass is 9.96. The number of ether oxygens (including phenoxy) is 1. The molecule has 0 N–H and O–H groups in total. The molecule has 0 saturated carbocycles. The van der Waals surface area contributed by atoms with Gasteiger partial charge in [0.25, 0.3) is 0 Å². The van der Waals surface area contributed by atoms with Gasteiger partial charge < -0.3 is 9.64 Å². The van der Waals surface area contributed by atoms with Gasteiger partial charge in [-0.2, -0.15) is 0 Å². The molecule has 2 aromatic carbocycles. The SMILES string of the molecule is CC(=O)CCN1CCc2cc(Cc3ncc(F)c(-c4cc(F)c5c(c4)N(C(C)C)CCO5)n3)ccc2C1. The van der Waals surface area contributed by atoms with Crippen LogP contribution in [0.2, 0.25) is 0 Å². The first-order chi connectivity index (χ1) is 17.8. The van der Waals surface area contributed by atoms with Gasteiger partial charge in [0, 0.05) is 44.1 Å². The summed E-state index contributed by atoms with van der Waals surface area (Å²) in [7, 11) is 0. The molecule has 8 heteroatoms. The Bertz CT molecular complexity index is 1330. The first-order valence-corrected chi connectivity index (χ1v) is 12.9. The van der Waals surface area contributed by atoms with Gasteiger partial charge in [0.05, 0.1) is 18.4 Å². The summed E-state index contributed by atoms with van der Waals surface area (Å²) in [5, 5.41) is 0. The molecule has 3 heterocycles. The molecule has 0 unspecified atom stereocenters. The van der Waals surface area contributed by atoms with E-state index < -0.39 is 11.6 Å². The van der Waals surface area contributed by atoms with Crippen molar-refractivity contribution >= 4 is 11.5 Å². The maximum Gasteiger partial charge on any atom is 0.178 e. The third kappa shape index (κ3) is 5.49. The predicted molar refractivity (Wildman–Crippen MR) is 139 cm³/mol. The molecular formula is C29H32F2N4O2. The van der Waals surface area contributed by atoms with E-state index in [2.05, 4.69) is 38.0 Å². The number of rotatable bonds is 7. The second kappa shape index (κ2) is 10.5. The summed E-state index contributed by atoms with van der Waals surface area (Å²) >= 11 is 0. The molecule has 0 radical (unpaired) electrons. The summed E-state index contributed by atoms with van der Waals surface area (Å²) < 4.78 is 35.4. The molecule has 1 aromatic heterocycles. The molecule has 0 spiro atoms. The maximum absolute atomic E-state index is 15.0. The van der Waals surface area contributed by atoms with Crippen molar-refractivity contribution in [3.05, 3.63) is 70.7 Å². The predicted octanol–water partition coefficient (Wildman–Crippen LogP) is 4.96. The molecule has 0 fully saturated rings. The van der Waals surface area contributed by atoms with E-state index in [0.717, 1.165) is 37.8 Å². The zero-order chi connectivity index (χ0) is 26.1. The van der Waals surface area contributed by atoms with Crippen molar-refractivity contribution in [1.29, 1.82) is 0 Å². The smallest absolute Gasteiger partial charge is 0.178 e. The number of hydrogen-bond donors (Lipinski definition) is 0. The number of carbonyl (C=O) groups is 1. The number of anilines is 1. The summed E-state index contributed by atoms with van der Waals surface area (Å²) in [4.78, 5) is 24.4. The normalized spacial score (nSPS) is 15.4. The van der Waals surface area contributed by atoms with Gasteiger partial charge in [0.15, 0.2) is 17.4 Å². The van der Waals surface area contributed by atoms with Crippen LogP contribution in [0, 0.1) is 11.6 Å². The summed E-state index contributed by atoms with van der Waals surface area (Å²) in [5.74, 6) is -0.224. The first-order valence-electron chi connectivity index (χ1n) is 12.9. The molecule has 2 aliphatic heterocycles. The minimum Gasteiger partial charge on any atom is -0.486 e. The molecule has 37 heavy (non-hydrogen) atoms. The fraction of sp³-hybridized carbons (Fsp3) is 0.414. The third-order valence-corrected chi connectivity index (χ3v) is 7.11. The number of Topliss-reactive ketones (excluding diaryl/α,β-unsaturated/α-hetero) is 1. The van der Waals surface area contributed by atoms with E-state index in [1.165, 1.54) is 17.2 Å². The van der Waals surface area contributed by atoms with Crippen molar-refractivity contribution in [1.82, 2.24) is 14.9 Å². The Labute approximate surface area is 216 Å². The summed E-state index contributed by atoms with van der Waals surface area (Å²) in [6, 6.07) is 9.52. The van der Waals surface area contributed by atoms with Crippen LogP contribution in [0.4, 0.5) is 14.5 Å². The zero-order valence-corrected chi connectivity index (χ0v) is 21.6. The number of aromatic nitrogens is 2. The fourth-order valence-electron chi connectivity index (χ4n) is 5.13. The van der Waals surface area contributed by atoms with E-state index in [0.29, 0.717) is 43.1 Å². The van der Waals surface area contributed by atoms with E-state index in [1.54, 1.807) is 13.0 Å². The van der Waals surface area contributed by atoms with Crippen molar-refractivity contribution < 1.29 is 18.3 Å². The molecule has 6 nitrogen and oxygen atoms in total. The second-order valence-corrected chi connectivity index (χ2v) is 10.2. The van der Waals surface area contributed by atoms with Gasteiger partial charge in [-0.25, -0.2) is 18.7 Å². The Hall–Kier alpha value is -3.39. The molecule has 0 aliphatic carbocycles. The highest BCUT2D eigenvalue weighted by Crippen LogP contribution is 2.39. The molecule has 2 aliphatic rings. The first kappa shape index (κ1) is 25.3. The minimum atomic E-state index is -0.591. The van der Waals surface area contributed by atoms with Gasteiger partial charge in [0.1, 0.15) is 23.9 Å². The lowest BCUT2D eigenvalue weighted by Crippen LogP contribution is -2.38. The monoisotopic (exact) mass is 506 g/mol. The molecule has 3 aromatic rings. The number of halogens is 2. The van der Waals surface area contributed by atoms with Crippen LogP contribution in [0.3, 0.4) is 0 Å². The Balaban J connectivity index is 1.38. The van der Waals surface area contributed by atoms with Crippen molar-refractivity contribution in [2.75, 3.05) is 31.1 Å². The summed E-state index contributed by atoms with van der Waals surface area (Å²) in [6.07, 6.45) is 3.11. The lowest BCUT2D eigenvalue weighted by Gasteiger charge is -2.34. The molecule has 0 bridgehead atoms. The van der Waals surface area contributed by atoms with Crippen LogP contribution in [0.5, 0.6) is 5.75 Å². The quantitative estimate of drug-likeness (QED) is 0.452. The van der Waals surface area contributed by atoms with Gasteiger partial charge >= 0.3 is 0 Å². The molecule has 0 saturated heterocycles. The van der Waals surface area contributed by atoms with Gasteiger partial charge in [0.2, 0.25) is 0 Å². The summed E-state index contributed by atoms with van der Waals surface area (Å²) in [5.41, 5.74) is 4.65. The highest BCUT2D eigenvalue weighted by atomic mass is 19.1. The van der Waals surface area contributed by atoms with Crippen molar-refractivity contribution in [3.8, 4) is 17.0 Å². The van der Waals surface area contributed by atoms with Gasteiger partial charge in [-0.15, -0.1) is 0 Å². The Morgan fingerprint density at radius 2 is 1.95 bits per heavy atom. The Kier molecular flexibility index (Phi) is 7.20. The van der Waals surface area contributed by atoms with Gasteiger partial charge in [-0.3, -0.25) is 9.69 Å². The van der Waals surface area contributed by atoms with Gasteiger partial charge in [-0.05, 0) is 56.0 Å². The van der Waals surface area contributed by atoms with E-state index >= 15 is 0 Å². The molecular weight excluding hydrogens is 474 g/mol. The van der Waals surface area contributed by atoms with Crippen LogP contribution < -0.4 is 9.64 Å². The number of ketones is 1. The lowest BCUT2D eigenvalue weighted by molar-refractivity contribution is -0.117. The van der Waals surface area contributed by atoms with E-state index in [9.17, 15) is 13.6 Å². The van der Waals surface area contributed by atoms with E-state index in [4.69, 9.17) is 4.74 Å². The van der Waals surface area contributed by atoms with Crippen LogP contribution >= 0.6 is 0 Å². The van der Waals surface area contributed by atoms with Crippen LogP contribution in [0.15, 0.2) is 36.5 Å². The number of nitrogens with zero attached hydrogens (tertiary/aromatic N) is 4. The second-order valence-electron chi connectivity index (χ2n) is 10.2. The van der Waals surface area contributed by atoms with Crippen LogP contribution in [0.1, 0.15) is 49.7 Å². The molecule has 0 amide bonds. The van der Waals surface area contributed by atoms with Crippen LogP contribution in [-0.2, 0) is 24.2 Å². The fourth-order valence-corrected chi connectivity index (χ4v) is 5.13. The van der Waals surface area contributed by atoms with Gasteiger partial charge in [-0.1, -0.05) is 18.2 Å². The number of fused-ring (bicyclic) bond motifs is 2. The minimum absolute atomic E-state index is 0.0834. The van der Waals surface area contributed by atoms with Crippen LogP contribution in [-0.4, -0.2) is 52.9 Å². The molecule has 0 atom stereocenters. The van der Waals surface area contributed by atoms with E-state index in [1.807, 2.05) is 13.8 Å². The van der Waals surface area contributed by atoms with Crippen molar-refractivity contribution in [3.63, 3.8) is 0 Å². The Morgan fingerprint density at radius 1 is 1.11 bits per heavy atom. The number of benzene rings is 2. The highest BCUT2D eigenvalue weighted by molar-refractivity contribution is 5.75. The average Bonchev–Trinajstić information content (AvgIpc) is 2.88. The van der Waals surface area contributed by atoms with Crippen molar-refractivity contribution in [2.45, 2.75) is 52.6 Å². The highest BCUT2D eigenvalue weighted by Gasteiger charge is 2.26. The number of carbonyl (C=O) groups excluding carboxylic acids is 1. The largest absolute Gasteiger partial charge is 0.486 e.